The molecule has 1 N–H and O–H groups in total. The Balaban J connectivity index is 1.96. The van der Waals surface area contributed by atoms with E-state index in [1.54, 1.807) is 32.0 Å². The molecular formula is C21H22F3NO5. The maximum Gasteiger partial charge on any atom is 0.573 e. The molecule has 2 rings (SSSR count). The van der Waals surface area contributed by atoms with Gasteiger partial charge in [-0.25, -0.2) is 4.79 Å². The number of hydrogen-bond donors (Lipinski definition) is 1. The van der Waals surface area contributed by atoms with Gasteiger partial charge in [-0.15, -0.1) is 13.2 Å². The Hall–Kier alpha value is -3.07. The topological polar surface area (TPSA) is 77.3 Å². The first-order chi connectivity index (χ1) is 14.2. The number of carboxylic acids is 1. The second-order valence-corrected chi connectivity index (χ2v) is 6.33. The third kappa shape index (κ3) is 7.75. The number of rotatable bonds is 10. The molecule has 2 aromatic rings. The van der Waals surface area contributed by atoms with Crippen LogP contribution in [0.4, 0.5) is 13.2 Å². The summed E-state index contributed by atoms with van der Waals surface area (Å²) >= 11 is 0. The van der Waals surface area contributed by atoms with Crippen LogP contribution in [0, 0.1) is 0 Å². The summed E-state index contributed by atoms with van der Waals surface area (Å²) in [5.74, 6) is -1.34. The van der Waals surface area contributed by atoms with Gasteiger partial charge in [0.15, 0.2) is 6.10 Å². The minimum Gasteiger partial charge on any atom is -0.479 e. The number of hydrogen-bond acceptors (Lipinski definition) is 5. The third-order valence-electron chi connectivity index (χ3n) is 4.00. The summed E-state index contributed by atoms with van der Waals surface area (Å²) in [6, 6.07) is 12.5. The fourth-order valence-corrected chi connectivity index (χ4v) is 2.60. The highest BCUT2D eigenvalue weighted by Gasteiger charge is 2.30. The molecule has 0 fully saturated rings. The van der Waals surface area contributed by atoms with E-state index in [0.717, 1.165) is 11.1 Å². The molecule has 30 heavy (non-hydrogen) atoms. The Labute approximate surface area is 171 Å². The third-order valence-corrected chi connectivity index (χ3v) is 4.00. The van der Waals surface area contributed by atoms with Gasteiger partial charge in [-0.05, 0) is 48.7 Å². The molecule has 0 bridgehead atoms. The normalized spacial score (nSPS) is 13.0. The monoisotopic (exact) mass is 425 g/mol. The van der Waals surface area contributed by atoms with E-state index in [-0.39, 0.29) is 18.8 Å². The Morgan fingerprint density at radius 1 is 1.13 bits per heavy atom. The molecule has 6 nitrogen and oxygen atoms in total. The zero-order valence-corrected chi connectivity index (χ0v) is 16.5. The van der Waals surface area contributed by atoms with Gasteiger partial charge < -0.3 is 19.4 Å². The molecule has 2 aromatic carbocycles. The first-order valence-electron chi connectivity index (χ1n) is 9.13. The van der Waals surface area contributed by atoms with Crippen LogP contribution >= 0.6 is 0 Å². The second kappa shape index (κ2) is 10.6. The summed E-state index contributed by atoms with van der Waals surface area (Å²) in [6.07, 6.45) is -5.44. The van der Waals surface area contributed by atoms with Crippen molar-refractivity contribution in [2.45, 2.75) is 39.3 Å². The van der Waals surface area contributed by atoms with E-state index in [0.29, 0.717) is 17.9 Å². The number of benzene rings is 2. The van der Waals surface area contributed by atoms with Crippen LogP contribution in [0.5, 0.6) is 5.75 Å². The van der Waals surface area contributed by atoms with Crippen molar-refractivity contribution in [1.29, 1.82) is 0 Å². The van der Waals surface area contributed by atoms with Crippen molar-refractivity contribution in [2.24, 2.45) is 5.16 Å². The van der Waals surface area contributed by atoms with Crippen LogP contribution in [-0.4, -0.2) is 35.9 Å². The molecule has 0 saturated carbocycles. The van der Waals surface area contributed by atoms with Crippen LogP contribution in [0.15, 0.2) is 53.7 Å². The number of alkyl halides is 3. The number of carboxylic acid groups (broad SMARTS) is 1. The van der Waals surface area contributed by atoms with Crippen molar-refractivity contribution in [3.05, 3.63) is 65.2 Å². The lowest BCUT2D eigenvalue weighted by molar-refractivity contribution is -0.274. The van der Waals surface area contributed by atoms with E-state index in [4.69, 9.17) is 9.57 Å². The van der Waals surface area contributed by atoms with Gasteiger partial charge in [0.2, 0.25) is 0 Å². The van der Waals surface area contributed by atoms with E-state index in [1.165, 1.54) is 24.3 Å². The molecule has 0 aromatic heterocycles. The standard InChI is InChI=1S/C21H22F3NO5/c1-3-28-19(20(26)27)12-16-5-4-6-17(11-16)14(2)25-29-13-15-7-9-18(10-8-15)30-21(22,23)24/h4-11,19H,3,12-13H2,1-2H3,(H,26,27)/b25-14+/t19-/m1/s1. The molecule has 0 aliphatic rings. The molecule has 0 saturated heterocycles. The second-order valence-electron chi connectivity index (χ2n) is 6.33. The fourth-order valence-electron chi connectivity index (χ4n) is 2.60. The smallest absolute Gasteiger partial charge is 0.479 e. The number of aliphatic carboxylic acids is 1. The highest BCUT2D eigenvalue weighted by atomic mass is 19.4. The molecule has 162 valence electrons. The minimum atomic E-state index is -4.74. The summed E-state index contributed by atoms with van der Waals surface area (Å²) in [6.45, 7) is 3.83. The van der Waals surface area contributed by atoms with Gasteiger partial charge in [0.25, 0.3) is 0 Å². The van der Waals surface area contributed by atoms with Crippen LogP contribution in [0.3, 0.4) is 0 Å². The van der Waals surface area contributed by atoms with Gasteiger partial charge in [-0.2, -0.15) is 0 Å². The van der Waals surface area contributed by atoms with Gasteiger partial charge in [0.05, 0.1) is 5.71 Å². The highest BCUT2D eigenvalue weighted by Crippen LogP contribution is 2.23. The Morgan fingerprint density at radius 3 is 2.43 bits per heavy atom. The lowest BCUT2D eigenvalue weighted by Crippen LogP contribution is -2.26. The largest absolute Gasteiger partial charge is 0.573 e. The van der Waals surface area contributed by atoms with Crippen molar-refractivity contribution in [3.63, 3.8) is 0 Å². The Kier molecular flexibility index (Phi) is 8.23. The summed E-state index contributed by atoms with van der Waals surface area (Å²) in [5.41, 5.74) is 2.72. The molecule has 0 spiro atoms. The van der Waals surface area contributed by atoms with Crippen LogP contribution in [-0.2, 0) is 27.4 Å². The highest BCUT2D eigenvalue weighted by molar-refractivity contribution is 5.98. The lowest BCUT2D eigenvalue weighted by Gasteiger charge is -2.13. The summed E-state index contributed by atoms with van der Waals surface area (Å²) in [5, 5.41) is 13.2. The van der Waals surface area contributed by atoms with E-state index in [9.17, 15) is 23.1 Å². The van der Waals surface area contributed by atoms with Crippen molar-refractivity contribution < 1.29 is 37.4 Å². The van der Waals surface area contributed by atoms with Crippen LogP contribution in [0.2, 0.25) is 0 Å². The van der Waals surface area contributed by atoms with E-state index < -0.39 is 18.4 Å². The fraction of sp³-hybridized carbons (Fsp3) is 0.333. The molecule has 0 unspecified atom stereocenters. The average molecular weight is 425 g/mol. The van der Waals surface area contributed by atoms with E-state index in [2.05, 4.69) is 9.89 Å². The Morgan fingerprint density at radius 2 is 1.83 bits per heavy atom. The predicted molar refractivity (Wildman–Crippen MR) is 103 cm³/mol. The van der Waals surface area contributed by atoms with Crippen molar-refractivity contribution in [2.75, 3.05) is 6.61 Å². The molecular weight excluding hydrogens is 403 g/mol. The quantitative estimate of drug-likeness (QED) is 0.446. The number of ether oxygens (including phenoxy) is 2. The molecule has 9 heteroatoms. The van der Waals surface area contributed by atoms with Crippen molar-refractivity contribution in [3.8, 4) is 5.75 Å². The Bertz CT molecular complexity index is 866. The number of oxime groups is 1. The minimum absolute atomic E-state index is 0.0642. The summed E-state index contributed by atoms with van der Waals surface area (Å²) < 4.78 is 45.6. The number of carbonyl (C=O) groups is 1. The van der Waals surface area contributed by atoms with Crippen LogP contribution < -0.4 is 4.74 Å². The molecule has 0 aliphatic heterocycles. The molecule has 0 aliphatic carbocycles. The van der Waals surface area contributed by atoms with E-state index >= 15 is 0 Å². The van der Waals surface area contributed by atoms with Gasteiger partial charge in [0.1, 0.15) is 12.4 Å². The van der Waals surface area contributed by atoms with E-state index in [1.807, 2.05) is 6.07 Å². The van der Waals surface area contributed by atoms with Crippen LogP contribution in [0.25, 0.3) is 0 Å². The summed E-state index contributed by atoms with van der Waals surface area (Å²) in [4.78, 5) is 16.5. The first kappa shape index (κ1) is 23.2. The average Bonchev–Trinajstić information content (AvgIpc) is 2.68. The number of nitrogens with zero attached hydrogens (tertiary/aromatic N) is 1. The van der Waals surface area contributed by atoms with Crippen LogP contribution in [0.1, 0.15) is 30.5 Å². The zero-order valence-electron chi connectivity index (χ0n) is 16.5. The molecule has 1 atom stereocenters. The van der Waals surface area contributed by atoms with Gasteiger partial charge in [-0.3, -0.25) is 0 Å². The maximum absolute atomic E-state index is 12.2. The SMILES string of the molecule is CCO[C@H](Cc1cccc(/C(C)=N/OCc2ccc(OC(F)(F)F)cc2)c1)C(=O)O. The van der Waals surface area contributed by atoms with Crippen molar-refractivity contribution in [1.82, 2.24) is 0 Å². The first-order valence-corrected chi connectivity index (χ1v) is 9.13. The summed E-state index contributed by atoms with van der Waals surface area (Å²) in [7, 11) is 0. The van der Waals surface area contributed by atoms with Gasteiger partial charge in [0, 0.05) is 13.0 Å². The predicted octanol–water partition coefficient (Wildman–Crippen LogP) is 4.56. The molecule has 0 heterocycles. The maximum atomic E-state index is 12.2. The lowest BCUT2D eigenvalue weighted by atomic mass is 10.0. The zero-order chi connectivity index (χ0) is 22.1. The molecule has 0 amide bonds. The van der Waals surface area contributed by atoms with Crippen molar-refractivity contribution >= 4 is 11.7 Å². The number of halogens is 3. The van der Waals surface area contributed by atoms with Gasteiger partial charge >= 0.3 is 12.3 Å². The van der Waals surface area contributed by atoms with Gasteiger partial charge in [-0.1, -0.05) is 35.5 Å². The molecule has 0 radical (unpaired) electrons.